The smallest absolute Gasteiger partial charge is 0.248 e. The van der Waals surface area contributed by atoms with Crippen molar-refractivity contribution in [2.75, 3.05) is 0 Å². The zero-order valence-corrected chi connectivity index (χ0v) is 7.90. The van der Waals surface area contributed by atoms with Crippen LogP contribution in [0.15, 0.2) is 35.3 Å². The number of nitrogens with two attached hydrogens (primary N) is 1. The molecule has 2 aromatic carbocycles. The average Bonchev–Trinajstić information content (AvgIpc) is 2.64. The molecule has 0 fully saturated rings. The second-order valence-corrected chi connectivity index (χ2v) is 3.56. The maximum Gasteiger partial charge on any atom is 0.248 e. The lowest BCUT2D eigenvalue weighted by atomic mass is 10.0. The number of hydrogen-bond acceptors (Lipinski definition) is 2. The van der Waals surface area contributed by atoms with Crippen LogP contribution in [0.25, 0.3) is 10.8 Å². The molecular formula is C12H8N2O. The fourth-order valence-electron chi connectivity index (χ4n) is 1.92. The van der Waals surface area contributed by atoms with Crippen molar-refractivity contribution in [3.8, 4) is 0 Å². The molecule has 0 atom stereocenters. The Morgan fingerprint density at radius 3 is 2.93 bits per heavy atom. The Bertz CT molecular complexity index is 614. The molecule has 2 N–H and O–H groups in total. The molecule has 3 rings (SSSR count). The van der Waals surface area contributed by atoms with Crippen molar-refractivity contribution in [2.24, 2.45) is 10.7 Å². The van der Waals surface area contributed by atoms with E-state index >= 15 is 0 Å². The predicted octanol–water partition coefficient (Wildman–Crippen LogP) is 2.00. The van der Waals surface area contributed by atoms with E-state index in [-0.39, 0.29) is 0 Å². The third kappa shape index (κ3) is 1.06. The van der Waals surface area contributed by atoms with Gasteiger partial charge < -0.3 is 5.73 Å². The molecule has 72 valence electrons. The van der Waals surface area contributed by atoms with E-state index in [0.717, 1.165) is 22.0 Å². The fraction of sp³-hybridized carbons (Fsp3) is 0. The topological polar surface area (TPSA) is 55.5 Å². The molecule has 0 saturated heterocycles. The molecule has 1 heterocycles. The highest BCUT2D eigenvalue weighted by Gasteiger charge is 2.12. The van der Waals surface area contributed by atoms with Gasteiger partial charge in [-0.3, -0.25) is 9.79 Å². The van der Waals surface area contributed by atoms with Gasteiger partial charge in [-0.25, -0.2) is 0 Å². The summed E-state index contributed by atoms with van der Waals surface area (Å²) in [5.74, 6) is -0.416. The summed E-state index contributed by atoms with van der Waals surface area (Å²) >= 11 is 0. The lowest BCUT2D eigenvalue weighted by Crippen LogP contribution is -2.10. The Morgan fingerprint density at radius 1 is 1.27 bits per heavy atom. The van der Waals surface area contributed by atoms with Crippen molar-refractivity contribution in [1.82, 2.24) is 0 Å². The third-order valence-corrected chi connectivity index (χ3v) is 2.62. The first-order valence-corrected chi connectivity index (χ1v) is 4.66. The summed E-state index contributed by atoms with van der Waals surface area (Å²) in [7, 11) is 0. The molecular weight excluding hydrogens is 188 g/mol. The van der Waals surface area contributed by atoms with E-state index in [0.29, 0.717) is 5.56 Å². The molecule has 0 radical (unpaired) electrons. The minimum absolute atomic E-state index is 0.416. The normalized spacial score (nSPS) is 12.3. The van der Waals surface area contributed by atoms with E-state index in [1.807, 2.05) is 24.4 Å². The number of carbonyl (C=O) groups is 1. The molecule has 1 aliphatic rings. The first-order valence-electron chi connectivity index (χ1n) is 4.66. The van der Waals surface area contributed by atoms with Crippen LogP contribution in [-0.4, -0.2) is 12.1 Å². The van der Waals surface area contributed by atoms with Crippen LogP contribution in [0.2, 0.25) is 0 Å². The van der Waals surface area contributed by atoms with Gasteiger partial charge in [0.1, 0.15) is 0 Å². The Kier molecular flexibility index (Phi) is 1.45. The predicted molar refractivity (Wildman–Crippen MR) is 59.7 cm³/mol. The molecule has 15 heavy (non-hydrogen) atoms. The van der Waals surface area contributed by atoms with Crippen molar-refractivity contribution in [1.29, 1.82) is 0 Å². The number of nitrogens with zero attached hydrogens (tertiary/aromatic N) is 1. The molecule has 0 aromatic heterocycles. The van der Waals surface area contributed by atoms with E-state index < -0.39 is 5.91 Å². The highest BCUT2D eigenvalue weighted by atomic mass is 16.1. The van der Waals surface area contributed by atoms with Crippen LogP contribution in [0.3, 0.4) is 0 Å². The first kappa shape index (κ1) is 8.17. The number of hydrogen-bond donors (Lipinski definition) is 1. The Balaban J connectivity index is 2.45. The third-order valence-electron chi connectivity index (χ3n) is 2.62. The van der Waals surface area contributed by atoms with Crippen LogP contribution in [0.4, 0.5) is 5.69 Å². The van der Waals surface area contributed by atoms with Gasteiger partial charge in [-0.05, 0) is 17.5 Å². The summed E-state index contributed by atoms with van der Waals surface area (Å²) in [5, 5.41) is 2.11. The summed E-state index contributed by atoms with van der Waals surface area (Å²) < 4.78 is 0. The van der Waals surface area contributed by atoms with Crippen LogP contribution in [-0.2, 0) is 0 Å². The number of benzene rings is 2. The number of amides is 1. The number of carbonyl (C=O) groups excluding carboxylic acids is 1. The van der Waals surface area contributed by atoms with E-state index in [1.165, 1.54) is 0 Å². The fourth-order valence-corrected chi connectivity index (χ4v) is 1.92. The molecule has 1 amide bonds. The number of primary amides is 1. The zero-order chi connectivity index (χ0) is 10.4. The Labute approximate surface area is 86.2 Å². The summed E-state index contributed by atoms with van der Waals surface area (Å²) in [4.78, 5) is 15.4. The minimum atomic E-state index is -0.416. The Hall–Kier alpha value is -2.16. The van der Waals surface area contributed by atoms with Crippen molar-refractivity contribution >= 4 is 28.6 Å². The van der Waals surface area contributed by atoms with Gasteiger partial charge in [0.05, 0.1) is 5.69 Å². The molecule has 1 aliphatic heterocycles. The lowest BCUT2D eigenvalue weighted by molar-refractivity contribution is 0.100. The quantitative estimate of drug-likeness (QED) is 0.635. The summed E-state index contributed by atoms with van der Waals surface area (Å²) in [6, 6.07) is 9.45. The average molecular weight is 196 g/mol. The molecule has 0 bridgehead atoms. The highest BCUT2D eigenvalue weighted by Crippen LogP contribution is 2.33. The zero-order valence-electron chi connectivity index (χ0n) is 7.90. The molecule has 0 aliphatic carbocycles. The second kappa shape index (κ2) is 2.67. The van der Waals surface area contributed by atoms with Gasteiger partial charge in [0, 0.05) is 22.7 Å². The monoisotopic (exact) mass is 196 g/mol. The van der Waals surface area contributed by atoms with Gasteiger partial charge >= 0.3 is 0 Å². The van der Waals surface area contributed by atoms with Crippen LogP contribution in [0.5, 0.6) is 0 Å². The van der Waals surface area contributed by atoms with E-state index in [2.05, 4.69) is 4.99 Å². The number of rotatable bonds is 1. The van der Waals surface area contributed by atoms with Gasteiger partial charge in [0.15, 0.2) is 0 Å². The van der Waals surface area contributed by atoms with Crippen molar-refractivity contribution in [3.63, 3.8) is 0 Å². The van der Waals surface area contributed by atoms with Crippen molar-refractivity contribution in [3.05, 3.63) is 41.5 Å². The summed E-state index contributed by atoms with van der Waals surface area (Å²) in [5.41, 5.74) is 7.69. The lowest BCUT2D eigenvalue weighted by Gasteiger charge is -2.02. The largest absolute Gasteiger partial charge is 0.366 e. The maximum atomic E-state index is 11.1. The first-order chi connectivity index (χ1) is 7.25. The van der Waals surface area contributed by atoms with Gasteiger partial charge in [0.2, 0.25) is 5.91 Å². The highest BCUT2D eigenvalue weighted by molar-refractivity contribution is 6.13. The van der Waals surface area contributed by atoms with Crippen molar-refractivity contribution in [2.45, 2.75) is 0 Å². The summed E-state index contributed by atoms with van der Waals surface area (Å²) in [6.45, 7) is 0. The molecule has 3 heteroatoms. The summed E-state index contributed by atoms with van der Waals surface area (Å²) in [6.07, 6.45) is 1.81. The van der Waals surface area contributed by atoms with E-state index in [1.54, 1.807) is 12.1 Å². The van der Waals surface area contributed by atoms with Gasteiger partial charge in [0.25, 0.3) is 0 Å². The van der Waals surface area contributed by atoms with E-state index in [4.69, 9.17) is 5.73 Å². The van der Waals surface area contributed by atoms with Gasteiger partial charge in [-0.2, -0.15) is 0 Å². The molecule has 0 unspecified atom stereocenters. The van der Waals surface area contributed by atoms with Crippen LogP contribution >= 0.6 is 0 Å². The van der Waals surface area contributed by atoms with Gasteiger partial charge in [-0.15, -0.1) is 0 Å². The van der Waals surface area contributed by atoms with Crippen LogP contribution < -0.4 is 5.73 Å². The molecule has 0 saturated carbocycles. The van der Waals surface area contributed by atoms with Crippen LogP contribution in [0.1, 0.15) is 15.9 Å². The standard InChI is InChI=1S/C12H8N2O/c13-12(15)9-4-7-2-1-3-8-6-14-10(5-9)11(7)8/h1-6H,(H2,13,15). The molecule has 0 spiro atoms. The minimum Gasteiger partial charge on any atom is -0.366 e. The van der Waals surface area contributed by atoms with Gasteiger partial charge in [-0.1, -0.05) is 18.2 Å². The molecule has 3 nitrogen and oxygen atoms in total. The molecule has 2 aromatic rings. The van der Waals surface area contributed by atoms with Crippen LogP contribution in [0, 0.1) is 0 Å². The van der Waals surface area contributed by atoms with Crippen molar-refractivity contribution < 1.29 is 4.79 Å². The SMILES string of the molecule is NC(=O)c1cc2c3c(cccc3c1)C=N2. The second-order valence-electron chi connectivity index (χ2n) is 3.56. The Morgan fingerprint density at radius 2 is 2.13 bits per heavy atom. The number of aliphatic imine (C=N–C) groups is 1. The maximum absolute atomic E-state index is 11.1. The van der Waals surface area contributed by atoms with E-state index in [9.17, 15) is 4.79 Å².